The summed E-state index contributed by atoms with van der Waals surface area (Å²) in [6, 6.07) is 11.0. The summed E-state index contributed by atoms with van der Waals surface area (Å²) < 4.78 is 0.939. The van der Waals surface area contributed by atoms with Crippen LogP contribution in [0.5, 0.6) is 0 Å². The number of amides is 1. The molecule has 0 radical (unpaired) electrons. The van der Waals surface area contributed by atoms with Gasteiger partial charge in [-0.1, -0.05) is 34.1 Å². The molecule has 96 valence electrons. The Morgan fingerprint density at radius 3 is 2.58 bits per heavy atom. The van der Waals surface area contributed by atoms with Crippen molar-refractivity contribution >= 4 is 27.5 Å². The second-order valence-electron chi connectivity index (χ2n) is 3.85. The number of carbonyl (C=O) groups is 1. The minimum Gasteiger partial charge on any atom is -0.267 e. The lowest BCUT2D eigenvalue weighted by atomic mass is 10.1. The first-order chi connectivity index (χ1) is 9.18. The van der Waals surface area contributed by atoms with Crippen molar-refractivity contribution in [2.45, 2.75) is 6.92 Å². The van der Waals surface area contributed by atoms with Crippen molar-refractivity contribution in [1.29, 1.82) is 0 Å². The maximum atomic E-state index is 11.8. The zero-order chi connectivity index (χ0) is 13.7. The molecule has 0 saturated carbocycles. The van der Waals surface area contributed by atoms with Crippen LogP contribution in [0.2, 0.25) is 0 Å². The molecule has 1 N–H and O–H groups in total. The number of hydrogen-bond acceptors (Lipinski definition) is 3. The zero-order valence-corrected chi connectivity index (χ0v) is 11.9. The van der Waals surface area contributed by atoms with Gasteiger partial charge in [-0.25, -0.2) is 5.43 Å². The molecule has 1 aromatic carbocycles. The Hall–Kier alpha value is -2.01. The second kappa shape index (κ2) is 6.24. The molecular weight excluding hydrogens is 306 g/mol. The topological polar surface area (TPSA) is 54.4 Å². The molecule has 1 amide bonds. The minimum absolute atomic E-state index is 0.256. The van der Waals surface area contributed by atoms with Gasteiger partial charge in [-0.15, -0.1) is 0 Å². The minimum atomic E-state index is -0.256. The molecule has 1 aromatic heterocycles. The van der Waals surface area contributed by atoms with Gasteiger partial charge in [0.2, 0.25) is 0 Å². The number of nitrogens with one attached hydrogen (secondary N) is 1. The summed E-state index contributed by atoms with van der Waals surface area (Å²) in [5.41, 5.74) is 4.72. The van der Waals surface area contributed by atoms with Crippen LogP contribution in [0.25, 0.3) is 0 Å². The number of hydrogen-bond donors (Lipinski definition) is 1. The van der Waals surface area contributed by atoms with Crippen molar-refractivity contribution in [3.05, 3.63) is 64.4 Å². The lowest BCUT2D eigenvalue weighted by molar-refractivity contribution is 0.0954. The molecular formula is C14H12BrN3O. The molecule has 2 aromatic rings. The van der Waals surface area contributed by atoms with E-state index in [4.69, 9.17) is 0 Å². The maximum Gasteiger partial charge on any atom is 0.271 e. The Morgan fingerprint density at radius 2 is 1.89 bits per heavy atom. The van der Waals surface area contributed by atoms with E-state index in [1.165, 1.54) is 0 Å². The summed E-state index contributed by atoms with van der Waals surface area (Å²) in [6.45, 7) is 1.84. The summed E-state index contributed by atoms with van der Waals surface area (Å²) in [7, 11) is 0. The van der Waals surface area contributed by atoms with E-state index in [9.17, 15) is 4.79 Å². The van der Waals surface area contributed by atoms with Gasteiger partial charge in [-0.2, -0.15) is 5.10 Å². The first kappa shape index (κ1) is 13.4. The van der Waals surface area contributed by atoms with E-state index in [0.717, 1.165) is 15.7 Å². The molecule has 5 heteroatoms. The van der Waals surface area contributed by atoms with E-state index in [1.807, 2.05) is 31.2 Å². The number of carbonyl (C=O) groups excluding carboxylic acids is 1. The fourth-order valence-electron chi connectivity index (χ4n) is 1.52. The molecule has 0 saturated heterocycles. The molecule has 4 nitrogen and oxygen atoms in total. The van der Waals surface area contributed by atoms with Crippen LogP contribution in [0.4, 0.5) is 0 Å². The first-order valence-corrected chi connectivity index (χ1v) is 6.47. The monoisotopic (exact) mass is 317 g/mol. The van der Waals surface area contributed by atoms with Crippen molar-refractivity contribution in [3.8, 4) is 0 Å². The van der Waals surface area contributed by atoms with E-state index in [2.05, 4.69) is 31.4 Å². The number of aromatic nitrogens is 1. The van der Waals surface area contributed by atoms with Crippen LogP contribution in [0, 0.1) is 0 Å². The van der Waals surface area contributed by atoms with E-state index in [0.29, 0.717) is 5.56 Å². The molecule has 0 fully saturated rings. The highest BCUT2D eigenvalue weighted by Gasteiger charge is 2.05. The van der Waals surface area contributed by atoms with Crippen molar-refractivity contribution < 1.29 is 4.79 Å². The molecule has 0 atom stereocenters. The number of hydrazone groups is 1. The maximum absolute atomic E-state index is 11.8. The third kappa shape index (κ3) is 3.48. The van der Waals surface area contributed by atoms with Gasteiger partial charge in [0.25, 0.3) is 5.91 Å². The SMILES string of the molecule is CC(=NNC(=O)c1ccncc1)c1ccccc1Br. The van der Waals surface area contributed by atoms with Gasteiger partial charge in [0.05, 0.1) is 5.71 Å². The highest BCUT2D eigenvalue weighted by Crippen LogP contribution is 2.16. The van der Waals surface area contributed by atoms with Crippen molar-refractivity contribution in [3.63, 3.8) is 0 Å². The van der Waals surface area contributed by atoms with E-state index < -0.39 is 0 Å². The molecule has 0 unspecified atom stereocenters. The van der Waals surface area contributed by atoms with Gasteiger partial charge in [0, 0.05) is 28.0 Å². The Labute approximate surface area is 119 Å². The van der Waals surface area contributed by atoms with Gasteiger partial charge in [-0.05, 0) is 25.1 Å². The number of pyridine rings is 1. The lowest BCUT2D eigenvalue weighted by Gasteiger charge is -2.04. The third-order valence-electron chi connectivity index (χ3n) is 2.53. The number of nitrogens with zero attached hydrogens (tertiary/aromatic N) is 2. The van der Waals surface area contributed by atoms with Crippen LogP contribution in [0.1, 0.15) is 22.8 Å². The molecule has 0 spiro atoms. The molecule has 0 aliphatic carbocycles. The smallest absolute Gasteiger partial charge is 0.267 e. The number of benzene rings is 1. The quantitative estimate of drug-likeness (QED) is 0.699. The van der Waals surface area contributed by atoms with Crippen LogP contribution < -0.4 is 5.43 Å². The molecule has 0 bridgehead atoms. The number of rotatable bonds is 3. The van der Waals surface area contributed by atoms with Gasteiger partial charge >= 0.3 is 0 Å². The summed E-state index contributed by atoms with van der Waals surface area (Å²) in [5.74, 6) is -0.256. The molecule has 2 rings (SSSR count). The summed E-state index contributed by atoms with van der Waals surface area (Å²) in [6.07, 6.45) is 3.14. The van der Waals surface area contributed by atoms with Crippen molar-refractivity contribution in [2.75, 3.05) is 0 Å². The van der Waals surface area contributed by atoms with Crippen LogP contribution in [0.15, 0.2) is 58.4 Å². The van der Waals surface area contributed by atoms with E-state index >= 15 is 0 Å². The number of halogens is 1. The second-order valence-corrected chi connectivity index (χ2v) is 4.71. The summed E-state index contributed by atoms with van der Waals surface area (Å²) in [5, 5.41) is 4.10. The highest BCUT2D eigenvalue weighted by atomic mass is 79.9. The average molecular weight is 318 g/mol. The van der Waals surface area contributed by atoms with Crippen LogP contribution >= 0.6 is 15.9 Å². The van der Waals surface area contributed by atoms with Gasteiger partial charge in [0.15, 0.2) is 0 Å². The predicted molar refractivity (Wildman–Crippen MR) is 78.1 cm³/mol. The predicted octanol–water partition coefficient (Wildman–Crippen LogP) is 3.00. The Balaban J connectivity index is 2.11. The van der Waals surface area contributed by atoms with Gasteiger partial charge in [-0.3, -0.25) is 9.78 Å². The van der Waals surface area contributed by atoms with Crippen LogP contribution in [-0.2, 0) is 0 Å². The fourth-order valence-corrected chi connectivity index (χ4v) is 2.09. The largest absolute Gasteiger partial charge is 0.271 e. The summed E-state index contributed by atoms with van der Waals surface area (Å²) in [4.78, 5) is 15.7. The van der Waals surface area contributed by atoms with E-state index in [1.54, 1.807) is 24.5 Å². The zero-order valence-electron chi connectivity index (χ0n) is 10.3. The third-order valence-corrected chi connectivity index (χ3v) is 3.22. The van der Waals surface area contributed by atoms with Crippen LogP contribution in [0.3, 0.4) is 0 Å². The van der Waals surface area contributed by atoms with Crippen LogP contribution in [-0.4, -0.2) is 16.6 Å². The highest BCUT2D eigenvalue weighted by molar-refractivity contribution is 9.10. The molecule has 1 heterocycles. The summed E-state index contributed by atoms with van der Waals surface area (Å²) >= 11 is 3.45. The molecule has 0 aliphatic rings. The Kier molecular flexibility index (Phi) is 4.41. The Bertz CT molecular complexity index is 611. The molecule has 19 heavy (non-hydrogen) atoms. The molecule has 0 aliphatic heterocycles. The lowest BCUT2D eigenvalue weighted by Crippen LogP contribution is -2.19. The van der Waals surface area contributed by atoms with Gasteiger partial charge < -0.3 is 0 Å². The standard InChI is InChI=1S/C14H12BrN3O/c1-10(12-4-2-3-5-13(12)15)17-18-14(19)11-6-8-16-9-7-11/h2-9H,1H3,(H,18,19). The van der Waals surface area contributed by atoms with Crippen molar-refractivity contribution in [2.24, 2.45) is 5.10 Å². The van der Waals surface area contributed by atoms with E-state index in [-0.39, 0.29) is 5.91 Å². The fraction of sp³-hybridized carbons (Fsp3) is 0.0714. The normalized spacial score (nSPS) is 11.2. The first-order valence-electron chi connectivity index (χ1n) is 5.68. The Morgan fingerprint density at radius 1 is 1.21 bits per heavy atom. The average Bonchev–Trinajstić information content (AvgIpc) is 2.46. The van der Waals surface area contributed by atoms with Gasteiger partial charge in [0.1, 0.15) is 0 Å². The van der Waals surface area contributed by atoms with Crippen molar-refractivity contribution in [1.82, 2.24) is 10.4 Å².